The van der Waals surface area contributed by atoms with Crippen LogP contribution in [0.25, 0.3) is 0 Å². The van der Waals surface area contributed by atoms with Gasteiger partial charge < -0.3 is 5.32 Å². The van der Waals surface area contributed by atoms with Gasteiger partial charge >= 0.3 is 0 Å². The molecule has 2 N–H and O–H groups in total. The Morgan fingerprint density at radius 3 is 2.21 bits per heavy atom. The Hall–Kier alpha value is -1.84. The molecule has 2 aromatic rings. The van der Waals surface area contributed by atoms with Crippen molar-refractivity contribution in [3.05, 3.63) is 70.7 Å². The maximum absolute atomic E-state index is 12.2. The van der Waals surface area contributed by atoms with Gasteiger partial charge in [0, 0.05) is 17.1 Å². The van der Waals surface area contributed by atoms with E-state index in [0.717, 1.165) is 29.0 Å². The molecule has 0 unspecified atom stereocenters. The van der Waals surface area contributed by atoms with Crippen LogP contribution in [0.15, 0.2) is 54.6 Å². The summed E-state index contributed by atoms with van der Waals surface area (Å²) in [7, 11) is 0. The largest absolute Gasteiger partial charge is 0.351 e. The fraction of sp³-hybridized carbons (Fsp3) is 0.350. The van der Waals surface area contributed by atoms with Gasteiger partial charge in [0.2, 0.25) is 5.91 Å². The minimum atomic E-state index is -0.214. The fourth-order valence-electron chi connectivity index (χ4n) is 2.89. The second kappa shape index (κ2) is 8.86. The summed E-state index contributed by atoms with van der Waals surface area (Å²) in [5.74, 6) is -0.000841. The molecule has 0 fully saturated rings. The molecule has 0 radical (unpaired) electrons. The number of rotatable bonds is 8. The summed E-state index contributed by atoms with van der Waals surface area (Å²) in [5, 5.41) is 7.13. The van der Waals surface area contributed by atoms with E-state index in [-0.39, 0.29) is 18.0 Å². The van der Waals surface area contributed by atoms with Gasteiger partial charge in [0.15, 0.2) is 0 Å². The molecule has 2 rings (SSSR count). The number of carbonyl (C=O) groups is 1. The van der Waals surface area contributed by atoms with Crippen molar-refractivity contribution in [2.24, 2.45) is 0 Å². The Morgan fingerprint density at radius 2 is 1.62 bits per heavy atom. The number of carbonyl (C=O) groups excluding carboxylic acids is 1. The topological polar surface area (TPSA) is 41.1 Å². The van der Waals surface area contributed by atoms with Gasteiger partial charge in [-0.2, -0.15) is 0 Å². The molecule has 0 aliphatic carbocycles. The van der Waals surface area contributed by atoms with Crippen molar-refractivity contribution in [3.63, 3.8) is 0 Å². The van der Waals surface area contributed by atoms with Crippen molar-refractivity contribution < 1.29 is 4.79 Å². The van der Waals surface area contributed by atoms with Gasteiger partial charge in [0.1, 0.15) is 0 Å². The molecule has 2 aromatic carbocycles. The Morgan fingerprint density at radius 1 is 1.00 bits per heavy atom. The third kappa shape index (κ3) is 4.83. The lowest BCUT2D eigenvalue weighted by Crippen LogP contribution is -2.46. The summed E-state index contributed by atoms with van der Waals surface area (Å²) in [6.45, 7) is 5.10. The molecular weight excluding hydrogens is 320 g/mol. The molecule has 0 spiro atoms. The Bertz CT molecular complexity index is 636. The van der Waals surface area contributed by atoms with Crippen LogP contribution in [0.3, 0.4) is 0 Å². The first-order valence-electron chi connectivity index (χ1n) is 8.41. The lowest BCUT2D eigenvalue weighted by atomic mass is 9.84. The predicted molar refractivity (Wildman–Crippen MR) is 100 cm³/mol. The van der Waals surface area contributed by atoms with E-state index < -0.39 is 0 Å². The van der Waals surface area contributed by atoms with Crippen LogP contribution < -0.4 is 10.6 Å². The quantitative estimate of drug-likeness (QED) is 0.751. The summed E-state index contributed by atoms with van der Waals surface area (Å²) in [6.07, 6.45) is 1.80. The van der Waals surface area contributed by atoms with Crippen molar-refractivity contribution in [2.45, 2.75) is 38.8 Å². The van der Waals surface area contributed by atoms with Gasteiger partial charge in [-0.25, -0.2) is 0 Å². The van der Waals surface area contributed by atoms with Crippen molar-refractivity contribution in [3.8, 4) is 0 Å². The minimum Gasteiger partial charge on any atom is -0.351 e. The Labute approximate surface area is 149 Å². The highest BCUT2D eigenvalue weighted by Crippen LogP contribution is 2.29. The summed E-state index contributed by atoms with van der Waals surface area (Å²) in [6, 6.07) is 17.8. The summed E-state index contributed by atoms with van der Waals surface area (Å²) in [5.41, 5.74) is 2.04. The summed E-state index contributed by atoms with van der Waals surface area (Å²) in [4.78, 5) is 12.2. The smallest absolute Gasteiger partial charge is 0.234 e. The van der Waals surface area contributed by atoms with E-state index in [1.807, 2.05) is 54.6 Å². The number of hydrogen-bond donors (Lipinski definition) is 2. The second-order valence-electron chi connectivity index (χ2n) is 5.91. The van der Waals surface area contributed by atoms with Gasteiger partial charge in [0.05, 0.1) is 6.54 Å². The molecule has 0 saturated heterocycles. The molecular formula is C20H25ClN2O. The van der Waals surface area contributed by atoms with E-state index in [0.29, 0.717) is 6.54 Å². The fourth-order valence-corrected chi connectivity index (χ4v) is 3.01. The van der Waals surface area contributed by atoms with Gasteiger partial charge in [-0.15, -0.1) is 0 Å². The molecule has 0 bridgehead atoms. The molecule has 3 nitrogen and oxygen atoms in total. The van der Waals surface area contributed by atoms with Crippen molar-refractivity contribution in [1.29, 1.82) is 0 Å². The Balaban J connectivity index is 1.95. The third-order valence-corrected chi connectivity index (χ3v) is 4.78. The zero-order chi connectivity index (χ0) is 17.4. The van der Waals surface area contributed by atoms with Crippen LogP contribution in [0.5, 0.6) is 0 Å². The van der Waals surface area contributed by atoms with E-state index >= 15 is 0 Å². The maximum atomic E-state index is 12.2. The standard InChI is InChI=1S/C20H25ClN2O/c1-3-20(4-2,17-10-12-18(21)13-11-17)23-15-19(24)22-14-16-8-6-5-7-9-16/h5-13,23H,3-4,14-15H2,1-2H3,(H,22,24). The second-order valence-corrected chi connectivity index (χ2v) is 6.35. The Kier molecular flexibility index (Phi) is 6.83. The first-order valence-corrected chi connectivity index (χ1v) is 8.79. The lowest BCUT2D eigenvalue weighted by Gasteiger charge is -2.33. The average Bonchev–Trinajstić information content (AvgIpc) is 2.63. The van der Waals surface area contributed by atoms with E-state index in [1.165, 1.54) is 0 Å². The first-order chi connectivity index (χ1) is 11.6. The minimum absolute atomic E-state index is 0.000841. The molecule has 0 aromatic heterocycles. The molecule has 24 heavy (non-hydrogen) atoms. The van der Waals surface area contributed by atoms with Gasteiger partial charge in [0.25, 0.3) is 0 Å². The highest BCUT2D eigenvalue weighted by Gasteiger charge is 2.28. The van der Waals surface area contributed by atoms with Crippen LogP contribution in [0, 0.1) is 0 Å². The van der Waals surface area contributed by atoms with Crippen LogP contribution in [-0.2, 0) is 16.9 Å². The lowest BCUT2D eigenvalue weighted by molar-refractivity contribution is -0.120. The van der Waals surface area contributed by atoms with Crippen LogP contribution in [-0.4, -0.2) is 12.5 Å². The highest BCUT2D eigenvalue weighted by atomic mass is 35.5. The van der Waals surface area contributed by atoms with Crippen LogP contribution in [0.4, 0.5) is 0 Å². The van der Waals surface area contributed by atoms with E-state index in [1.54, 1.807) is 0 Å². The van der Waals surface area contributed by atoms with Crippen molar-refractivity contribution >= 4 is 17.5 Å². The number of hydrogen-bond acceptors (Lipinski definition) is 2. The molecule has 0 aliphatic heterocycles. The number of amides is 1. The van der Waals surface area contributed by atoms with Gasteiger partial charge in [-0.3, -0.25) is 10.1 Å². The van der Waals surface area contributed by atoms with E-state index in [9.17, 15) is 4.79 Å². The molecule has 1 amide bonds. The maximum Gasteiger partial charge on any atom is 0.234 e. The van der Waals surface area contributed by atoms with E-state index in [2.05, 4.69) is 24.5 Å². The molecule has 0 saturated carbocycles. The summed E-state index contributed by atoms with van der Waals surface area (Å²) < 4.78 is 0. The van der Waals surface area contributed by atoms with Crippen LogP contribution in [0.2, 0.25) is 5.02 Å². The number of halogens is 1. The number of benzene rings is 2. The molecule has 0 atom stereocenters. The predicted octanol–water partition coefficient (Wildman–Crippen LogP) is 4.26. The van der Waals surface area contributed by atoms with Crippen molar-refractivity contribution in [1.82, 2.24) is 10.6 Å². The van der Waals surface area contributed by atoms with Crippen LogP contribution >= 0.6 is 11.6 Å². The average molecular weight is 345 g/mol. The zero-order valence-electron chi connectivity index (χ0n) is 14.3. The molecule has 128 valence electrons. The van der Waals surface area contributed by atoms with Crippen LogP contribution in [0.1, 0.15) is 37.8 Å². The third-order valence-electron chi connectivity index (χ3n) is 4.52. The highest BCUT2D eigenvalue weighted by molar-refractivity contribution is 6.30. The first kappa shape index (κ1) is 18.5. The number of nitrogens with one attached hydrogen (secondary N) is 2. The van der Waals surface area contributed by atoms with Crippen molar-refractivity contribution in [2.75, 3.05) is 6.54 Å². The molecule has 0 heterocycles. The normalized spacial score (nSPS) is 11.3. The van der Waals surface area contributed by atoms with Gasteiger partial charge in [-0.05, 0) is 36.1 Å². The van der Waals surface area contributed by atoms with Gasteiger partial charge in [-0.1, -0.05) is 67.9 Å². The molecule has 0 aliphatic rings. The SMILES string of the molecule is CCC(CC)(NCC(=O)NCc1ccccc1)c1ccc(Cl)cc1. The molecule has 4 heteroatoms. The van der Waals surface area contributed by atoms with E-state index in [4.69, 9.17) is 11.6 Å². The monoisotopic (exact) mass is 344 g/mol. The summed E-state index contributed by atoms with van der Waals surface area (Å²) >= 11 is 5.99. The zero-order valence-corrected chi connectivity index (χ0v) is 15.1.